The molecule has 0 aromatic heterocycles. The van der Waals surface area contributed by atoms with E-state index < -0.39 is 0 Å². The summed E-state index contributed by atoms with van der Waals surface area (Å²) in [6.45, 7) is 8.04. The second kappa shape index (κ2) is 8.89. The highest BCUT2D eigenvalue weighted by Crippen LogP contribution is 2.13. The predicted octanol–water partition coefficient (Wildman–Crippen LogP) is 3.15. The average molecular weight is 203 g/mol. The van der Waals surface area contributed by atoms with E-state index in [0.29, 0.717) is 0 Å². The van der Waals surface area contributed by atoms with Crippen molar-refractivity contribution in [3.8, 4) is 0 Å². The van der Waals surface area contributed by atoms with E-state index in [-0.39, 0.29) is 0 Å². The second-order valence-electron chi connectivity index (χ2n) is 3.73. The first-order valence-corrected chi connectivity index (χ1v) is 6.87. The van der Waals surface area contributed by atoms with Gasteiger partial charge in [-0.25, -0.2) is 0 Å². The fourth-order valence-corrected chi connectivity index (χ4v) is 1.94. The number of hydrogen-bond donors (Lipinski definition) is 1. The van der Waals surface area contributed by atoms with Gasteiger partial charge >= 0.3 is 0 Å². The molecule has 0 aliphatic carbocycles. The van der Waals surface area contributed by atoms with Crippen LogP contribution in [0.1, 0.15) is 40.0 Å². The van der Waals surface area contributed by atoms with Crippen molar-refractivity contribution in [3.63, 3.8) is 0 Å². The second-order valence-corrected chi connectivity index (χ2v) is 4.71. The molecule has 0 saturated heterocycles. The molecule has 0 aliphatic rings. The van der Waals surface area contributed by atoms with Crippen LogP contribution < -0.4 is 5.32 Å². The summed E-state index contributed by atoms with van der Waals surface area (Å²) in [6.07, 6.45) is 6.03. The minimum absolute atomic E-state index is 0.734. The van der Waals surface area contributed by atoms with E-state index in [1.165, 1.54) is 31.6 Å². The summed E-state index contributed by atoms with van der Waals surface area (Å²) in [6, 6.07) is 0.734. The van der Waals surface area contributed by atoms with Gasteiger partial charge in [-0.2, -0.15) is 11.8 Å². The third-order valence-corrected chi connectivity index (χ3v) is 3.26. The van der Waals surface area contributed by atoms with Gasteiger partial charge in [0.2, 0.25) is 0 Å². The van der Waals surface area contributed by atoms with Crippen molar-refractivity contribution in [2.75, 3.05) is 18.6 Å². The van der Waals surface area contributed by atoms with E-state index in [2.05, 4.69) is 32.3 Å². The van der Waals surface area contributed by atoms with Crippen LogP contribution >= 0.6 is 11.8 Å². The van der Waals surface area contributed by atoms with Crippen LogP contribution in [-0.4, -0.2) is 24.6 Å². The molecule has 80 valence electrons. The summed E-state index contributed by atoms with van der Waals surface area (Å²) >= 11 is 1.95. The zero-order valence-electron chi connectivity index (χ0n) is 9.60. The van der Waals surface area contributed by atoms with E-state index in [1.54, 1.807) is 0 Å². The minimum atomic E-state index is 0.734. The summed E-state index contributed by atoms with van der Waals surface area (Å²) in [4.78, 5) is 0. The van der Waals surface area contributed by atoms with Crippen molar-refractivity contribution in [1.82, 2.24) is 5.32 Å². The van der Waals surface area contributed by atoms with E-state index in [0.717, 1.165) is 12.0 Å². The van der Waals surface area contributed by atoms with Crippen molar-refractivity contribution < 1.29 is 0 Å². The van der Waals surface area contributed by atoms with E-state index >= 15 is 0 Å². The van der Waals surface area contributed by atoms with Crippen molar-refractivity contribution in [2.24, 2.45) is 5.92 Å². The third kappa shape index (κ3) is 6.39. The zero-order valence-corrected chi connectivity index (χ0v) is 10.4. The van der Waals surface area contributed by atoms with Gasteiger partial charge in [-0.3, -0.25) is 0 Å². The molecule has 0 rings (SSSR count). The van der Waals surface area contributed by atoms with Crippen LogP contribution in [0.3, 0.4) is 0 Å². The Morgan fingerprint density at radius 1 is 1.31 bits per heavy atom. The lowest BCUT2D eigenvalue weighted by atomic mass is 9.97. The Balaban J connectivity index is 3.72. The fourth-order valence-electron chi connectivity index (χ4n) is 1.45. The zero-order chi connectivity index (χ0) is 10.1. The van der Waals surface area contributed by atoms with Gasteiger partial charge in [0.05, 0.1) is 0 Å². The average Bonchev–Trinajstić information content (AvgIpc) is 2.17. The summed E-state index contributed by atoms with van der Waals surface area (Å²) in [5.41, 5.74) is 0. The highest BCUT2D eigenvalue weighted by Gasteiger charge is 2.13. The molecule has 0 aliphatic heterocycles. The van der Waals surface area contributed by atoms with Crippen LogP contribution in [0.25, 0.3) is 0 Å². The molecule has 0 heterocycles. The van der Waals surface area contributed by atoms with Gasteiger partial charge in [-0.15, -0.1) is 0 Å². The smallest absolute Gasteiger partial charge is 0.0100 e. The number of thioether (sulfide) groups is 1. The van der Waals surface area contributed by atoms with Crippen molar-refractivity contribution in [2.45, 2.75) is 46.1 Å². The topological polar surface area (TPSA) is 12.0 Å². The van der Waals surface area contributed by atoms with Crippen molar-refractivity contribution in [1.29, 1.82) is 0 Å². The molecule has 0 fully saturated rings. The van der Waals surface area contributed by atoms with E-state index in [4.69, 9.17) is 0 Å². The molecule has 0 bridgehead atoms. The van der Waals surface area contributed by atoms with Crippen LogP contribution in [0.5, 0.6) is 0 Å². The van der Waals surface area contributed by atoms with Gasteiger partial charge in [0.25, 0.3) is 0 Å². The lowest BCUT2D eigenvalue weighted by molar-refractivity contribution is 0.360. The van der Waals surface area contributed by atoms with Crippen LogP contribution in [0.4, 0.5) is 0 Å². The Kier molecular flexibility index (Phi) is 9.10. The molecule has 2 unspecified atom stereocenters. The summed E-state index contributed by atoms with van der Waals surface area (Å²) in [5.74, 6) is 2.10. The predicted molar refractivity (Wildman–Crippen MR) is 64.5 cm³/mol. The SMILES string of the molecule is CCCNC(CCSC)C(C)CC. The highest BCUT2D eigenvalue weighted by molar-refractivity contribution is 7.98. The van der Waals surface area contributed by atoms with Crippen LogP contribution in [-0.2, 0) is 0 Å². The maximum Gasteiger partial charge on any atom is 0.0100 e. The summed E-state index contributed by atoms with van der Waals surface area (Å²) < 4.78 is 0. The van der Waals surface area contributed by atoms with Crippen molar-refractivity contribution in [3.05, 3.63) is 0 Å². The van der Waals surface area contributed by atoms with Gasteiger partial charge in [-0.05, 0) is 37.3 Å². The maximum absolute atomic E-state index is 3.64. The third-order valence-electron chi connectivity index (χ3n) is 2.62. The van der Waals surface area contributed by atoms with Crippen LogP contribution in [0, 0.1) is 5.92 Å². The molecule has 1 nitrogen and oxygen atoms in total. The van der Waals surface area contributed by atoms with E-state index in [1.807, 2.05) is 11.8 Å². The molecular weight excluding hydrogens is 178 g/mol. The largest absolute Gasteiger partial charge is 0.314 e. The van der Waals surface area contributed by atoms with Gasteiger partial charge in [-0.1, -0.05) is 27.2 Å². The Bertz CT molecular complexity index is 98.3. The van der Waals surface area contributed by atoms with Gasteiger partial charge in [0.1, 0.15) is 0 Å². The number of nitrogens with one attached hydrogen (secondary N) is 1. The van der Waals surface area contributed by atoms with Gasteiger partial charge < -0.3 is 5.32 Å². The number of rotatable bonds is 8. The molecule has 0 spiro atoms. The molecular formula is C11H25NS. The highest BCUT2D eigenvalue weighted by atomic mass is 32.2. The summed E-state index contributed by atoms with van der Waals surface area (Å²) in [5, 5.41) is 3.64. The van der Waals surface area contributed by atoms with Crippen molar-refractivity contribution >= 4 is 11.8 Å². The molecule has 0 aromatic carbocycles. The first kappa shape index (κ1) is 13.3. The Morgan fingerprint density at radius 2 is 2.00 bits per heavy atom. The molecule has 0 radical (unpaired) electrons. The first-order chi connectivity index (χ1) is 6.26. The van der Waals surface area contributed by atoms with E-state index in [9.17, 15) is 0 Å². The summed E-state index contributed by atoms with van der Waals surface area (Å²) in [7, 11) is 0. The standard InChI is InChI=1S/C11H25NS/c1-5-8-12-11(7-9-13-4)10(3)6-2/h10-12H,5-9H2,1-4H3. The Morgan fingerprint density at radius 3 is 2.46 bits per heavy atom. The van der Waals surface area contributed by atoms with Gasteiger partial charge in [0.15, 0.2) is 0 Å². The Hall–Kier alpha value is 0.310. The molecule has 2 atom stereocenters. The van der Waals surface area contributed by atoms with Crippen LogP contribution in [0.2, 0.25) is 0 Å². The quantitative estimate of drug-likeness (QED) is 0.650. The molecule has 13 heavy (non-hydrogen) atoms. The first-order valence-electron chi connectivity index (χ1n) is 5.48. The molecule has 0 aromatic rings. The molecule has 0 amide bonds. The fraction of sp³-hybridized carbons (Fsp3) is 1.00. The lowest BCUT2D eigenvalue weighted by Crippen LogP contribution is -2.35. The molecule has 0 saturated carbocycles. The normalized spacial score (nSPS) is 15.7. The lowest BCUT2D eigenvalue weighted by Gasteiger charge is -2.23. The van der Waals surface area contributed by atoms with Gasteiger partial charge in [0, 0.05) is 6.04 Å². The minimum Gasteiger partial charge on any atom is -0.314 e. The molecule has 1 N–H and O–H groups in total. The van der Waals surface area contributed by atoms with Crippen LogP contribution in [0.15, 0.2) is 0 Å². The maximum atomic E-state index is 3.64. The monoisotopic (exact) mass is 203 g/mol. The Labute approximate surface area is 88.1 Å². The molecule has 2 heteroatoms. The number of hydrogen-bond acceptors (Lipinski definition) is 2.